The first kappa shape index (κ1) is 26.2. The molecule has 0 unspecified atom stereocenters. The van der Waals surface area contributed by atoms with Crippen molar-refractivity contribution in [1.82, 2.24) is 24.5 Å². The summed E-state index contributed by atoms with van der Waals surface area (Å²) in [6.45, 7) is 0. The number of hydrogen-bond acceptors (Lipinski definition) is 5. The third kappa shape index (κ3) is 4.79. The number of fused-ring (bicyclic) bond motifs is 3. The van der Waals surface area contributed by atoms with Crippen molar-refractivity contribution in [3.8, 4) is 57.2 Å². The maximum Gasteiger partial charge on any atom is 0.165 e. The van der Waals surface area contributed by atoms with Crippen molar-refractivity contribution >= 4 is 21.8 Å². The van der Waals surface area contributed by atoms with Crippen LogP contribution in [-0.2, 0) is 0 Å². The molecular weight excluding hydrogens is 552 g/mol. The van der Waals surface area contributed by atoms with Crippen molar-refractivity contribution in [2.24, 2.45) is 0 Å². The zero-order chi connectivity index (χ0) is 30.2. The summed E-state index contributed by atoms with van der Waals surface area (Å²) in [6, 6.07) is 48.7. The van der Waals surface area contributed by atoms with Crippen molar-refractivity contribution in [2.75, 3.05) is 0 Å². The van der Waals surface area contributed by atoms with E-state index in [1.165, 1.54) is 0 Å². The lowest BCUT2D eigenvalue weighted by molar-refractivity contribution is 1.07. The Labute approximate surface area is 259 Å². The lowest BCUT2D eigenvalue weighted by Crippen LogP contribution is -2.00. The van der Waals surface area contributed by atoms with Gasteiger partial charge in [-0.25, -0.2) is 15.0 Å². The topological polar surface area (TPSA) is 80.3 Å². The maximum atomic E-state index is 9.63. The van der Waals surface area contributed by atoms with Crippen molar-refractivity contribution < 1.29 is 0 Å². The zero-order valence-corrected chi connectivity index (χ0v) is 24.0. The third-order valence-corrected chi connectivity index (χ3v) is 7.93. The normalized spacial score (nSPS) is 11.1. The van der Waals surface area contributed by atoms with Gasteiger partial charge in [-0.1, -0.05) is 84.9 Å². The Morgan fingerprint density at radius 1 is 0.489 bits per heavy atom. The van der Waals surface area contributed by atoms with Gasteiger partial charge in [0.05, 0.1) is 28.4 Å². The van der Waals surface area contributed by atoms with Crippen LogP contribution in [0.5, 0.6) is 0 Å². The Morgan fingerprint density at radius 2 is 1.02 bits per heavy atom. The first-order chi connectivity index (χ1) is 22.2. The molecule has 0 aliphatic carbocycles. The summed E-state index contributed by atoms with van der Waals surface area (Å²) in [5.74, 6) is 1.79. The molecule has 210 valence electrons. The molecule has 6 nitrogen and oxygen atoms in total. The molecule has 0 N–H and O–H groups in total. The first-order valence-corrected chi connectivity index (χ1v) is 14.6. The average molecular weight is 577 g/mol. The fourth-order valence-corrected chi connectivity index (χ4v) is 5.74. The highest BCUT2D eigenvalue weighted by atomic mass is 15.0. The van der Waals surface area contributed by atoms with Gasteiger partial charge in [-0.15, -0.1) is 0 Å². The second-order valence-electron chi connectivity index (χ2n) is 10.7. The zero-order valence-electron chi connectivity index (χ0n) is 24.0. The minimum absolute atomic E-state index is 0.562. The van der Waals surface area contributed by atoms with E-state index in [0.29, 0.717) is 23.0 Å². The highest BCUT2D eigenvalue weighted by Crippen LogP contribution is 2.35. The Bertz CT molecular complexity index is 2300. The molecule has 0 saturated carbocycles. The molecule has 0 bridgehead atoms. The minimum Gasteiger partial charge on any atom is -0.309 e. The molecule has 45 heavy (non-hydrogen) atoms. The number of pyridine rings is 1. The van der Waals surface area contributed by atoms with Crippen LogP contribution < -0.4 is 0 Å². The van der Waals surface area contributed by atoms with Gasteiger partial charge < -0.3 is 4.57 Å². The average Bonchev–Trinajstić information content (AvgIpc) is 3.45. The second kappa shape index (κ2) is 11.0. The van der Waals surface area contributed by atoms with E-state index in [4.69, 9.17) is 19.9 Å². The standard InChI is InChI=1S/C39H24N6/c40-24-26-16-20-35-32(22-26)33-23-29(18-21-36(33)45(35)31-14-8-3-9-15-31)34-19-17-30(25-41-34)39-43-37(27-10-4-1-5-11-27)42-38(44-39)28-12-6-2-7-13-28/h1-23,25H. The largest absolute Gasteiger partial charge is 0.309 e. The van der Waals surface area contributed by atoms with Gasteiger partial charge in [0.15, 0.2) is 17.5 Å². The molecule has 8 rings (SSSR count). The third-order valence-electron chi connectivity index (χ3n) is 7.93. The van der Waals surface area contributed by atoms with E-state index < -0.39 is 0 Å². The van der Waals surface area contributed by atoms with E-state index in [0.717, 1.165) is 55.4 Å². The van der Waals surface area contributed by atoms with E-state index in [9.17, 15) is 5.26 Å². The Balaban J connectivity index is 1.22. The van der Waals surface area contributed by atoms with Crippen LogP contribution in [0, 0.1) is 11.3 Å². The van der Waals surface area contributed by atoms with Crippen molar-refractivity contribution in [3.05, 3.63) is 151 Å². The van der Waals surface area contributed by atoms with E-state index in [1.807, 2.05) is 115 Å². The molecule has 3 aromatic heterocycles. The van der Waals surface area contributed by atoms with Crippen LogP contribution >= 0.6 is 0 Å². The summed E-state index contributed by atoms with van der Waals surface area (Å²) in [4.78, 5) is 19.3. The highest BCUT2D eigenvalue weighted by molar-refractivity contribution is 6.10. The first-order valence-electron chi connectivity index (χ1n) is 14.6. The van der Waals surface area contributed by atoms with Crippen LogP contribution in [0.15, 0.2) is 146 Å². The minimum atomic E-state index is 0.562. The van der Waals surface area contributed by atoms with Crippen molar-refractivity contribution in [2.45, 2.75) is 0 Å². The van der Waals surface area contributed by atoms with Gasteiger partial charge in [0.1, 0.15) is 0 Å². The Hall–Kier alpha value is -6.45. The predicted octanol–water partition coefficient (Wildman–Crippen LogP) is 8.90. The van der Waals surface area contributed by atoms with Gasteiger partial charge in [0.25, 0.3) is 0 Å². The summed E-state index contributed by atoms with van der Waals surface area (Å²) in [7, 11) is 0. The summed E-state index contributed by atoms with van der Waals surface area (Å²) in [5.41, 5.74) is 8.27. The lowest BCUT2D eigenvalue weighted by Gasteiger charge is -2.09. The molecular formula is C39H24N6. The van der Waals surface area contributed by atoms with E-state index in [1.54, 1.807) is 0 Å². The SMILES string of the molecule is N#Cc1ccc2c(c1)c1cc(-c3ccc(-c4nc(-c5ccccc5)nc(-c5ccccc5)n4)cn3)ccc1n2-c1ccccc1. The smallest absolute Gasteiger partial charge is 0.165 e. The molecule has 8 aromatic rings. The van der Waals surface area contributed by atoms with Gasteiger partial charge in [-0.2, -0.15) is 5.26 Å². The molecule has 0 amide bonds. The summed E-state index contributed by atoms with van der Waals surface area (Å²) >= 11 is 0. The number of benzene rings is 5. The van der Waals surface area contributed by atoms with Crippen LogP contribution in [0.2, 0.25) is 0 Å². The number of aromatic nitrogens is 5. The van der Waals surface area contributed by atoms with Gasteiger partial charge in [-0.3, -0.25) is 4.98 Å². The maximum absolute atomic E-state index is 9.63. The van der Waals surface area contributed by atoms with Crippen LogP contribution in [-0.4, -0.2) is 24.5 Å². The van der Waals surface area contributed by atoms with Crippen LogP contribution in [0.3, 0.4) is 0 Å². The fraction of sp³-hybridized carbons (Fsp3) is 0. The molecule has 0 radical (unpaired) electrons. The molecule has 0 saturated heterocycles. The molecule has 5 aromatic carbocycles. The molecule has 0 atom stereocenters. The summed E-state index contributed by atoms with van der Waals surface area (Å²) in [6.07, 6.45) is 1.82. The van der Waals surface area contributed by atoms with Gasteiger partial charge in [-0.05, 0) is 54.6 Å². The number of nitrogens with zero attached hydrogens (tertiary/aromatic N) is 6. The van der Waals surface area contributed by atoms with Crippen LogP contribution in [0.1, 0.15) is 5.56 Å². The molecule has 0 fully saturated rings. The van der Waals surface area contributed by atoms with E-state index >= 15 is 0 Å². The van der Waals surface area contributed by atoms with Crippen molar-refractivity contribution in [1.29, 1.82) is 5.26 Å². The predicted molar refractivity (Wildman–Crippen MR) is 178 cm³/mol. The van der Waals surface area contributed by atoms with E-state index in [2.05, 4.69) is 41.0 Å². The Morgan fingerprint density at radius 3 is 1.60 bits per heavy atom. The quantitative estimate of drug-likeness (QED) is 0.204. The van der Waals surface area contributed by atoms with E-state index in [-0.39, 0.29) is 0 Å². The summed E-state index contributed by atoms with van der Waals surface area (Å²) < 4.78 is 2.24. The fourth-order valence-electron chi connectivity index (χ4n) is 5.74. The second-order valence-corrected chi connectivity index (χ2v) is 10.7. The van der Waals surface area contributed by atoms with Crippen LogP contribution in [0.4, 0.5) is 0 Å². The monoisotopic (exact) mass is 576 g/mol. The van der Waals surface area contributed by atoms with Gasteiger partial charge in [0.2, 0.25) is 0 Å². The number of para-hydroxylation sites is 1. The molecule has 0 aliphatic rings. The van der Waals surface area contributed by atoms with Crippen molar-refractivity contribution in [3.63, 3.8) is 0 Å². The molecule has 0 aliphatic heterocycles. The number of hydrogen-bond donors (Lipinski definition) is 0. The number of rotatable bonds is 5. The van der Waals surface area contributed by atoms with Gasteiger partial charge in [0, 0.05) is 44.9 Å². The Kier molecular flexibility index (Phi) is 6.40. The van der Waals surface area contributed by atoms with Crippen LogP contribution in [0.25, 0.3) is 72.9 Å². The molecule has 0 spiro atoms. The lowest BCUT2D eigenvalue weighted by atomic mass is 10.0. The number of nitriles is 1. The van der Waals surface area contributed by atoms with Gasteiger partial charge >= 0.3 is 0 Å². The molecule has 6 heteroatoms. The molecule has 3 heterocycles. The highest BCUT2D eigenvalue weighted by Gasteiger charge is 2.16. The summed E-state index contributed by atoms with van der Waals surface area (Å²) in [5, 5.41) is 11.7.